The molecule has 0 aliphatic carbocycles. The Labute approximate surface area is 201 Å². The molecular formula is C22H30N6O5S. The first-order chi connectivity index (χ1) is 16.3. The lowest BCUT2D eigenvalue weighted by molar-refractivity contribution is -0.138. The van der Waals surface area contributed by atoms with Gasteiger partial charge in [0.15, 0.2) is 0 Å². The van der Waals surface area contributed by atoms with Gasteiger partial charge < -0.3 is 31.8 Å². The van der Waals surface area contributed by atoms with Crippen molar-refractivity contribution < 1.29 is 24.3 Å². The summed E-state index contributed by atoms with van der Waals surface area (Å²) in [5.74, 6) is -2.35. The minimum absolute atomic E-state index is 0.0988. The van der Waals surface area contributed by atoms with Gasteiger partial charge in [0.25, 0.3) is 0 Å². The number of carbonyl (C=O) groups is 4. The maximum atomic E-state index is 13.1. The number of aliphatic carboxylic acids is 1. The van der Waals surface area contributed by atoms with Gasteiger partial charge in [-0.25, -0.2) is 4.98 Å². The minimum Gasteiger partial charge on any atom is -0.480 e. The Kier molecular flexibility index (Phi) is 11.1. The van der Waals surface area contributed by atoms with E-state index in [2.05, 4.69) is 25.9 Å². The van der Waals surface area contributed by atoms with E-state index in [0.717, 1.165) is 5.56 Å². The predicted molar refractivity (Wildman–Crippen MR) is 128 cm³/mol. The topological polar surface area (TPSA) is 179 Å². The zero-order valence-electron chi connectivity index (χ0n) is 18.8. The van der Waals surface area contributed by atoms with Gasteiger partial charge in [0.2, 0.25) is 17.7 Å². The molecule has 0 spiro atoms. The first kappa shape index (κ1) is 26.9. The van der Waals surface area contributed by atoms with Gasteiger partial charge in [0, 0.05) is 18.3 Å². The van der Waals surface area contributed by atoms with Gasteiger partial charge in [-0.2, -0.15) is 11.8 Å². The van der Waals surface area contributed by atoms with Crippen LogP contribution in [0.3, 0.4) is 0 Å². The van der Waals surface area contributed by atoms with E-state index in [1.54, 1.807) is 0 Å². The second kappa shape index (κ2) is 14.0. The number of carboxylic acids is 1. The Morgan fingerprint density at radius 3 is 2.38 bits per heavy atom. The average molecular weight is 491 g/mol. The highest BCUT2D eigenvalue weighted by Gasteiger charge is 2.28. The third-order valence-corrected chi connectivity index (χ3v) is 5.55. The molecule has 2 aromatic rings. The number of rotatable bonds is 14. The summed E-state index contributed by atoms with van der Waals surface area (Å²) in [6, 6.07) is 6.39. The highest BCUT2D eigenvalue weighted by molar-refractivity contribution is 7.98. The summed E-state index contributed by atoms with van der Waals surface area (Å²) in [6.07, 6.45) is 5.51. The predicted octanol–water partition coefficient (Wildman–Crippen LogP) is -0.554. The third-order valence-electron chi connectivity index (χ3n) is 4.90. The molecule has 11 nitrogen and oxygen atoms in total. The number of carboxylic acid groups (broad SMARTS) is 1. The van der Waals surface area contributed by atoms with Gasteiger partial charge >= 0.3 is 5.97 Å². The number of amides is 3. The largest absolute Gasteiger partial charge is 0.480 e. The normalized spacial score (nSPS) is 13.4. The lowest BCUT2D eigenvalue weighted by Gasteiger charge is -2.24. The van der Waals surface area contributed by atoms with Crippen molar-refractivity contribution >= 4 is 35.5 Å². The first-order valence-corrected chi connectivity index (χ1v) is 12.1. The van der Waals surface area contributed by atoms with Crippen molar-refractivity contribution in [2.45, 2.75) is 37.4 Å². The summed E-state index contributed by atoms with van der Waals surface area (Å²) in [7, 11) is 0. The van der Waals surface area contributed by atoms with Crippen LogP contribution < -0.4 is 21.7 Å². The number of hydrogen-bond acceptors (Lipinski definition) is 7. The van der Waals surface area contributed by atoms with Crippen LogP contribution in [0, 0.1) is 0 Å². The number of aromatic nitrogens is 2. The van der Waals surface area contributed by atoms with Crippen LogP contribution in [0.15, 0.2) is 42.9 Å². The summed E-state index contributed by atoms with van der Waals surface area (Å²) in [6.45, 7) is -0.562. The van der Waals surface area contributed by atoms with Crippen LogP contribution in [0.4, 0.5) is 0 Å². The molecule has 3 atom stereocenters. The first-order valence-electron chi connectivity index (χ1n) is 10.7. The number of carbonyl (C=O) groups excluding carboxylic acids is 3. The molecule has 0 aliphatic rings. The summed E-state index contributed by atoms with van der Waals surface area (Å²) < 4.78 is 0. The van der Waals surface area contributed by atoms with Crippen molar-refractivity contribution in [1.82, 2.24) is 25.9 Å². The van der Waals surface area contributed by atoms with E-state index in [-0.39, 0.29) is 12.8 Å². The number of thioether (sulfide) groups is 1. The summed E-state index contributed by atoms with van der Waals surface area (Å²) in [5, 5.41) is 16.4. The Bertz CT molecular complexity index is 941. The SMILES string of the molecule is CSCCC(NC(=O)C(Cc1cnc[nH]1)NC(=O)C(N)Cc1ccccc1)C(=O)NCC(=O)O. The van der Waals surface area contributed by atoms with E-state index >= 15 is 0 Å². The van der Waals surface area contributed by atoms with Gasteiger partial charge in [-0.05, 0) is 30.4 Å². The molecule has 184 valence electrons. The number of benzene rings is 1. The van der Waals surface area contributed by atoms with Gasteiger partial charge in [-0.3, -0.25) is 19.2 Å². The van der Waals surface area contributed by atoms with Crippen LogP contribution in [0.2, 0.25) is 0 Å². The number of imidazole rings is 1. The smallest absolute Gasteiger partial charge is 0.322 e. The van der Waals surface area contributed by atoms with Crippen molar-refractivity contribution in [3.63, 3.8) is 0 Å². The van der Waals surface area contributed by atoms with Gasteiger partial charge in [0.05, 0.1) is 12.4 Å². The molecule has 1 aromatic carbocycles. The van der Waals surface area contributed by atoms with Crippen molar-refractivity contribution in [2.24, 2.45) is 5.73 Å². The summed E-state index contributed by atoms with van der Waals surface area (Å²) in [5.41, 5.74) is 7.55. The molecule has 1 heterocycles. The number of H-pyrrole nitrogens is 1. The summed E-state index contributed by atoms with van der Waals surface area (Å²) >= 11 is 1.48. The molecule has 1 aromatic heterocycles. The van der Waals surface area contributed by atoms with Gasteiger partial charge in [0.1, 0.15) is 18.6 Å². The molecule has 3 amide bonds. The van der Waals surface area contributed by atoms with Crippen LogP contribution >= 0.6 is 11.8 Å². The lowest BCUT2D eigenvalue weighted by atomic mass is 10.0. The number of nitrogens with one attached hydrogen (secondary N) is 4. The zero-order chi connectivity index (χ0) is 24.9. The van der Waals surface area contributed by atoms with E-state index in [1.165, 1.54) is 24.3 Å². The van der Waals surface area contributed by atoms with E-state index in [1.807, 2.05) is 36.6 Å². The molecule has 0 radical (unpaired) electrons. The Morgan fingerprint density at radius 2 is 1.76 bits per heavy atom. The molecule has 2 rings (SSSR count). The van der Waals surface area contributed by atoms with Crippen molar-refractivity contribution in [2.75, 3.05) is 18.6 Å². The molecule has 0 bridgehead atoms. The monoisotopic (exact) mass is 490 g/mol. The molecule has 0 saturated carbocycles. The fourth-order valence-electron chi connectivity index (χ4n) is 3.13. The van der Waals surface area contributed by atoms with Crippen LogP contribution in [0.1, 0.15) is 17.7 Å². The third kappa shape index (κ3) is 9.24. The molecule has 0 fully saturated rings. The van der Waals surface area contributed by atoms with Crippen molar-refractivity contribution in [1.29, 1.82) is 0 Å². The molecular weight excluding hydrogens is 460 g/mol. The number of nitrogens with zero attached hydrogens (tertiary/aromatic N) is 1. The fraction of sp³-hybridized carbons (Fsp3) is 0.409. The zero-order valence-corrected chi connectivity index (χ0v) is 19.6. The number of nitrogens with two attached hydrogens (primary N) is 1. The number of hydrogen-bond donors (Lipinski definition) is 6. The van der Waals surface area contributed by atoms with Crippen LogP contribution in [-0.2, 0) is 32.0 Å². The molecule has 7 N–H and O–H groups in total. The second-order valence-corrected chi connectivity index (χ2v) is 8.58. The second-order valence-electron chi connectivity index (χ2n) is 7.59. The van der Waals surface area contributed by atoms with E-state index in [9.17, 15) is 19.2 Å². The van der Waals surface area contributed by atoms with Gasteiger partial charge in [-0.15, -0.1) is 0 Å². The van der Waals surface area contributed by atoms with Gasteiger partial charge in [-0.1, -0.05) is 30.3 Å². The van der Waals surface area contributed by atoms with E-state index in [4.69, 9.17) is 10.8 Å². The molecule has 12 heteroatoms. The maximum absolute atomic E-state index is 13.1. The highest BCUT2D eigenvalue weighted by atomic mass is 32.2. The standard InChI is InChI=1S/C22H30N6O5S/c1-34-8-7-17(21(32)25-12-19(29)30)27-22(33)18(10-15-11-24-13-26-15)28-20(31)16(23)9-14-5-3-2-4-6-14/h2-6,11,13,16-18H,7-10,12,23H2,1H3,(H,24,26)(H,25,32)(H,27,33)(H,28,31)(H,29,30). The fourth-order valence-corrected chi connectivity index (χ4v) is 3.60. The van der Waals surface area contributed by atoms with Crippen molar-refractivity contribution in [3.8, 4) is 0 Å². The van der Waals surface area contributed by atoms with Crippen molar-refractivity contribution in [3.05, 3.63) is 54.1 Å². The number of aromatic amines is 1. The quantitative estimate of drug-likeness (QED) is 0.204. The molecule has 34 heavy (non-hydrogen) atoms. The average Bonchev–Trinajstić information content (AvgIpc) is 3.33. The molecule has 0 saturated heterocycles. The van der Waals surface area contributed by atoms with Crippen LogP contribution in [-0.4, -0.2) is 75.4 Å². The summed E-state index contributed by atoms with van der Waals surface area (Å²) in [4.78, 5) is 55.9. The molecule has 0 aliphatic heterocycles. The van der Waals surface area contributed by atoms with E-state index in [0.29, 0.717) is 17.9 Å². The maximum Gasteiger partial charge on any atom is 0.322 e. The molecule has 3 unspecified atom stereocenters. The Morgan fingerprint density at radius 1 is 1.06 bits per heavy atom. The van der Waals surface area contributed by atoms with Crippen LogP contribution in [0.5, 0.6) is 0 Å². The van der Waals surface area contributed by atoms with Crippen LogP contribution in [0.25, 0.3) is 0 Å². The lowest BCUT2D eigenvalue weighted by Crippen LogP contribution is -2.57. The Balaban J connectivity index is 2.10. The highest BCUT2D eigenvalue weighted by Crippen LogP contribution is 2.06. The minimum atomic E-state index is -1.19. The van der Waals surface area contributed by atoms with E-state index < -0.39 is 48.4 Å². The Hall–Kier alpha value is -3.38.